The molecule has 1 aromatic rings. The topological polar surface area (TPSA) is 32.8 Å². The smallest absolute Gasteiger partial charge is 0.410 e. The maximum absolute atomic E-state index is 12.3. The highest BCUT2D eigenvalue weighted by atomic mass is 16.6. The van der Waals surface area contributed by atoms with Crippen molar-refractivity contribution < 1.29 is 9.53 Å². The zero-order valence-corrected chi connectivity index (χ0v) is 18.2. The van der Waals surface area contributed by atoms with Crippen LogP contribution in [0.2, 0.25) is 0 Å². The van der Waals surface area contributed by atoms with Crippen molar-refractivity contribution >= 4 is 11.8 Å². The van der Waals surface area contributed by atoms with Gasteiger partial charge in [0.2, 0.25) is 0 Å². The minimum atomic E-state index is -0.423. The van der Waals surface area contributed by atoms with Crippen LogP contribution in [0.25, 0.3) is 0 Å². The van der Waals surface area contributed by atoms with Gasteiger partial charge in [0.1, 0.15) is 5.60 Å². The predicted molar refractivity (Wildman–Crippen MR) is 114 cm³/mol. The second-order valence-electron chi connectivity index (χ2n) is 10.3. The molecule has 1 saturated carbocycles. The Bertz CT molecular complexity index is 727. The molecule has 1 aromatic carbocycles. The Morgan fingerprint density at radius 3 is 2.39 bits per heavy atom. The van der Waals surface area contributed by atoms with Crippen molar-refractivity contribution in [2.75, 3.05) is 25.0 Å². The summed E-state index contributed by atoms with van der Waals surface area (Å²) >= 11 is 0. The molecule has 3 aliphatic rings. The van der Waals surface area contributed by atoms with Gasteiger partial charge in [0.15, 0.2) is 0 Å². The molecule has 2 atom stereocenters. The van der Waals surface area contributed by atoms with Crippen LogP contribution in [0, 0.1) is 11.8 Å². The summed E-state index contributed by atoms with van der Waals surface area (Å²) in [4.78, 5) is 16.7. The van der Waals surface area contributed by atoms with Crippen molar-refractivity contribution in [3.05, 3.63) is 29.3 Å². The number of hydrogen-bond donors (Lipinski definition) is 0. The molecule has 4 heteroatoms. The van der Waals surface area contributed by atoms with Crippen LogP contribution in [-0.4, -0.2) is 42.8 Å². The Labute approximate surface area is 170 Å². The van der Waals surface area contributed by atoms with Crippen molar-refractivity contribution in [2.45, 2.75) is 77.4 Å². The average molecular weight is 385 g/mol. The Kier molecular flexibility index (Phi) is 5.09. The van der Waals surface area contributed by atoms with Crippen LogP contribution in [0.3, 0.4) is 0 Å². The molecule has 2 heterocycles. The summed E-state index contributed by atoms with van der Waals surface area (Å²) in [5.74, 6) is 2.19. The summed E-state index contributed by atoms with van der Waals surface area (Å²) in [6, 6.07) is 7.87. The highest BCUT2D eigenvalue weighted by Gasteiger charge is 2.40. The van der Waals surface area contributed by atoms with E-state index in [0.29, 0.717) is 5.92 Å². The number of carbonyl (C=O) groups is 1. The van der Waals surface area contributed by atoms with Crippen molar-refractivity contribution in [2.24, 2.45) is 11.8 Å². The summed E-state index contributed by atoms with van der Waals surface area (Å²) in [6.07, 6.45) is 5.89. The molecule has 0 spiro atoms. The van der Waals surface area contributed by atoms with E-state index in [0.717, 1.165) is 43.8 Å². The Balaban J connectivity index is 1.41. The van der Waals surface area contributed by atoms with Crippen LogP contribution in [0.15, 0.2) is 18.2 Å². The van der Waals surface area contributed by atoms with Crippen LogP contribution in [-0.2, 0) is 11.2 Å². The number of likely N-dealkylation sites (tertiary alicyclic amines) is 1. The first-order chi connectivity index (χ1) is 13.2. The van der Waals surface area contributed by atoms with E-state index in [1.54, 1.807) is 0 Å². The van der Waals surface area contributed by atoms with Crippen molar-refractivity contribution in [1.29, 1.82) is 0 Å². The lowest BCUT2D eigenvalue weighted by Gasteiger charge is -2.41. The molecule has 1 unspecified atom stereocenters. The number of fused-ring (bicyclic) bond motifs is 1. The predicted octanol–water partition coefficient (Wildman–Crippen LogP) is 5.21. The fraction of sp³-hybridized carbons (Fsp3) is 0.708. The number of ether oxygens (including phenoxy) is 1. The van der Waals surface area contributed by atoms with Crippen LogP contribution >= 0.6 is 0 Å². The molecule has 0 bridgehead atoms. The summed E-state index contributed by atoms with van der Waals surface area (Å²) in [5.41, 5.74) is 3.98. The van der Waals surface area contributed by atoms with Gasteiger partial charge in [0.05, 0.1) is 0 Å². The van der Waals surface area contributed by atoms with Crippen molar-refractivity contribution in [3.63, 3.8) is 0 Å². The van der Waals surface area contributed by atoms with E-state index in [9.17, 15) is 4.79 Å². The Morgan fingerprint density at radius 1 is 1.11 bits per heavy atom. The van der Waals surface area contributed by atoms with Gasteiger partial charge in [-0.25, -0.2) is 4.79 Å². The van der Waals surface area contributed by atoms with Gasteiger partial charge in [0.25, 0.3) is 0 Å². The highest BCUT2D eigenvalue weighted by Crippen LogP contribution is 2.45. The number of carbonyl (C=O) groups excluding carboxylic acids is 1. The van der Waals surface area contributed by atoms with Gasteiger partial charge in [-0.15, -0.1) is 0 Å². The van der Waals surface area contributed by atoms with E-state index in [1.807, 2.05) is 25.7 Å². The van der Waals surface area contributed by atoms with Gasteiger partial charge in [0, 0.05) is 31.9 Å². The number of nitrogens with zero attached hydrogens (tertiary/aromatic N) is 2. The third kappa shape index (κ3) is 4.01. The zero-order valence-electron chi connectivity index (χ0n) is 18.2. The molecule has 0 aromatic heterocycles. The number of anilines is 1. The largest absolute Gasteiger partial charge is 0.444 e. The number of rotatable bonds is 2. The number of piperidine rings is 1. The molecule has 1 saturated heterocycles. The highest BCUT2D eigenvalue weighted by molar-refractivity contribution is 5.68. The van der Waals surface area contributed by atoms with Gasteiger partial charge < -0.3 is 14.5 Å². The average Bonchev–Trinajstić information content (AvgIpc) is 3.45. The molecule has 2 aliphatic heterocycles. The zero-order chi connectivity index (χ0) is 20.1. The minimum absolute atomic E-state index is 0.169. The molecule has 4 nitrogen and oxygen atoms in total. The SMILES string of the molecule is CC1Cc2cc(C3CCN(C(=O)OC(C)(C)C)CC3)ccc2N(C)[C@H]1C1CC1. The maximum Gasteiger partial charge on any atom is 0.410 e. The molecule has 4 rings (SSSR count). The Morgan fingerprint density at radius 2 is 1.79 bits per heavy atom. The monoisotopic (exact) mass is 384 g/mol. The summed E-state index contributed by atoms with van der Waals surface area (Å²) in [7, 11) is 2.29. The second kappa shape index (κ2) is 7.27. The number of amides is 1. The molecular formula is C24H36N2O2. The summed E-state index contributed by atoms with van der Waals surface area (Å²) in [5, 5.41) is 0. The fourth-order valence-corrected chi connectivity index (χ4v) is 5.32. The van der Waals surface area contributed by atoms with Gasteiger partial charge in [-0.05, 0) is 87.8 Å². The molecule has 1 aliphatic carbocycles. The van der Waals surface area contributed by atoms with Crippen molar-refractivity contribution in [3.8, 4) is 0 Å². The van der Waals surface area contributed by atoms with Crippen LogP contribution in [0.1, 0.15) is 70.4 Å². The number of benzene rings is 1. The molecule has 28 heavy (non-hydrogen) atoms. The molecule has 0 N–H and O–H groups in total. The maximum atomic E-state index is 12.3. The quantitative estimate of drug-likeness (QED) is 0.702. The number of hydrogen-bond acceptors (Lipinski definition) is 3. The summed E-state index contributed by atoms with van der Waals surface area (Å²) < 4.78 is 5.53. The standard InChI is InChI=1S/C24H36N2O2/c1-16-14-20-15-19(8-9-21(20)25(5)22(16)18-6-7-18)17-10-12-26(13-11-17)23(27)28-24(2,3)4/h8-9,15-18,22H,6-7,10-14H2,1-5H3/t16?,22-/m1/s1. The van der Waals surface area contributed by atoms with E-state index in [1.165, 1.54) is 36.1 Å². The van der Waals surface area contributed by atoms with E-state index < -0.39 is 5.60 Å². The molecule has 1 amide bonds. The third-order valence-corrected chi connectivity index (χ3v) is 6.78. The minimum Gasteiger partial charge on any atom is -0.444 e. The first-order valence-electron chi connectivity index (χ1n) is 11.1. The van der Waals surface area contributed by atoms with E-state index in [2.05, 4.69) is 37.1 Å². The fourth-order valence-electron chi connectivity index (χ4n) is 5.32. The first-order valence-corrected chi connectivity index (χ1v) is 11.1. The Hall–Kier alpha value is -1.71. The first kappa shape index (κ1) is 19.6. The normalized spacial score (nSPS) is 26.2. The van der Waals surface area contributed by atoms with Gasteiger partial charge in [-0.2, -0.15) is 0 Å². The lowest BCUT2D eigenvalue weighted by molar-refractivity contribution is 0.0205. The van der Waals surface area contributed by atoms with Crippen LogP contribution in [0.5, 0.6) is 0 Å². The molecule has 2 fully saturated rings. The second-order valence-corrected chi connectivity index (χ2v) is 10.3. The third-order valence-electron chi connectivity index (χ3n) is 6.78. The van der Waals surface area contributed by atoms with Crippen molar-refractivity contribution in [1.82, 2.24) is 4.90 Å². The molecule has 0 radical (unpaired) electrons. The van der Waals surface area contributed by atoms with E-state index in [-0.39, 0.29) is 6.09 Å². The van der Waals surface area contributed by atoms with Crippen LogP contribution in [0.4, 0.5) is 10.5 Å². The molecule has 154 valence electrons. The van der Waals surface area contributed by atoms with Gasteiger partial charge in [-0.1, -0.05) is 19.1 Å². The molecular weight excluding hydrogens is 348 g/mol. The lowest BCUT2D eigenvalue weighted by atomic mass is 9.82. The van der Waals surface area contributed by atoms with Gasteiger partial charge >= 0.3 is 6.09 Å². The van der Waals surface area contributed by atoms with Gasteiger partial charge in [-0.3, -0.25) is 0 Å². The van der Waals surface area contributed by atoms with E-state index in [4.69, 9.17) is 4.74 Å². The summed E-state index contributed by atoms with van der Waals surface area (Å²) in [6.45, 7) is 9.78. The van der Waals surface area contributed by atoms with Crippen LogP contribution < -0.4 is 4.90 Å². The lowest BCUT2D eigenvalue weighted by Crippen LogP contribution is -2.43. The van der Waals surface area contributed by atoms with E-state index >= 15 is 0 Å².